The number of halogens is 3. The first-order valence-electron chi connectivity index (χ1n) is 15.3. The number of benzene rings is 3. The van der Waals surface area contributed by atoms with Gasteiger partial charge < -0.3 is 15.0 Å². The average Bonchev–Trinajstić information content (AvgIpc) is 3.68. The van der Waals surface area contributed by atoms with Crippen LogP contribution in [0.15, 0.2) is 72.0 Å². The number of nitrogens with one attached hydrogen (secondary N) is 1. The van der Waals surface area contributed by atoms with Gasteiger partial charge in [0.2, 0.25) is 0 Å². The third kappa shape index (κ3) is 7.22. The van der Waals surface area contributed by atoms with Crippen LogP contribution in [0.5, 0.6) is 5.75 Å². The number of alkyl halides is 3. The number of urea groups is 1. The number of hydrogen-bond acceptors (Lipinski definition) is 5. The Hall–Kier alpha value is -4.32. The highest BCUT2D eigenvalue weighted by Gasteiger charge is 2.32. The fourth-order valence-corrected chi connectivity index (χ4v) is 7.41. The van der Waals surface area contributed by atoms with Gasteiger partial charge in [-0.25, -0.2) is 14.5 Å². The van der Waals surface area contributed by atoms with E-state index in [0.717, 1.165) is 60.0 Å². The maximum atomic E-state index is 13.3. The van der Waals surface area contributed by atoms with Gasteiger partial charge >= 0.3 is 12.4 Å². The molecule has 2 aliphatic rings. The van der Waals surface area contributed by atoms with Crippen LogP contribution in [-0.4, -0.2) is 50.7 Å². The summed E-state index contributed by atoms with van der Waals surface area (Å²) in [5.41, 5.74) is 7.20. The highest BCUT2D eigenvalue weighted by atomic mass is 32.2. The Balaban J connectivity index is 1.12. The molecule has 4 aromatic rings. The zero-order valence-electron chi connectivity index (χ0n) is 25.8. The first-order chi connectivity index (χ1) is 22.0. The molecular weight excluding hydrogens is 613 g/mol. The summed E-state index contributed by atoms with van der Waals surface area (Å²) in [6.45, 7) is 7.15. The number of ether oxygens (including phenoxy) is 1. The Kier molecular flexibility index (Phi) is 9.08. The van der Waals surface area contributed by atoms with Crippen LogP contribution in [0.4, 0.5) is 23.7 Å². The third-order valence-electron chi connectivity index (χ3n) is 8.34. The summed E-state index contributed by atoms with van der Waals surface area (Å²) in [6, 6.07) is 17.5. The third-order valence-corrected chi connectivity index (χ3v) is 9.40. The lowest BCUT2D eigenvalue weighted by Crippen LogP contribution is -2.39. The van der Waals surface area contributed by atoms with E-state index in [9.17, 15) is 18.0 Å². The molecule has 240 valence electrons. The highest BCUT2D eigenvalue weighted by Crippen LogP contribution is 2.36. The van der Waals surface area contributed by atoms with Crippen molar-refractivity contribution >= 4 is 28.6 Å². The smallest absolute Gasteiger partial charge is 0.406 e. The van der Waals surface area contributed by atoms with Gasteiger partial charge in [0, 0.05) is 35.5 Å². The highest BCUT2D eigenvalue weighted by molar-refractivity contribution is 8.14. The number of rotatable bonds is 6. The number of nitrogens with zero attached hydrogens (tertiary/aromatic N) is 5. The Morgan fingerprint density at radius 1 is 1.00 bits per heavy atom. The van der Waals surface area contributed by atoms with E-state index in [-0.39, 0.29) is 23.7 Å². The van der Waals surface area contributed by atoms with E-state index in [2.05, 4.69) is 62.9 Å². The number of carbonyl (C=O) groups excluding carboxylic acids is 1. The van der Waals surface area contributed by atoms with E-state index in [1.54, 1.807) is 11.8 Å². The van der Waals surface area contributed by atoms with Crippen molar-refractivity contribution in [3.8, 4) is 22.8 Å². The molecule has 2 heterocycles. The molecule has 0 spiro atoms. The summed E-state index contributed by atoms with van der Waals surface area (Å²) >= 11 is 1.63. The van der Waals surface area contributed by atoms with Gasteiger partial charge in [-0.15, -0.1) is 18.3 Å². The van der Waals surface area contributed by atoms with Crippen LogP contribution in [-0.2, 0) is 0 Å². The fourth-order valence-electron chi connectivity index (χ4n) is 6.47. The number of thioether (sulfide) groups is 1. The van der Waals surface area contributed by atoms with Gasteiger partial charge in [-0.05, 0) is 81.0 Å². The first-order valence-corrected chi connectivity index (χ1v) is 16.3. The molecular formula is C34H35F3N6O2S. The van der Waals surface area contributed by atoms with Gasteiger partial charge in [0.1, 0.15) is 12.1 Å². The van der Waals surface area contributed by atoms with Crippen molar-refractivity contribution in [1.82, 2.24) is 20.1 Å². The summed E-state index contributed by atoms with van der Waals surface area (Å²) in [5.74, 6) is 1.28. The second-order valence-corrected chi connectivity index (χ2v) is 12.8. The predicted molar refractivity (Wildman–Crippen MR) is 175 cm³/mol. The summed E-state index contributed by atoms with van der Waals surface area (Å²) in [4.78, 5) is 24.4. The molecule has 2 unspecified atom stereocenters. The monoisotopic (exact) mass is 648 g/mol. The van der Waals surface area contributed by atoms with Crippen LogP contribution in [0, 0.1) is 20.8 Å². The van der Waals surface area contributed by atoms with Crippen LogP contribution in [0.25, 0.3) is 17.1 Å². The van der Waals surface area contributed by atoms with Crippen LogP contribution < -0.4 is 15.0 Å². The van der Waals surface area contributed by atoms with Crippen LogP contribution >= 0.6 is 11.8 Å². The number of amides is 2. The average molecular weight is 649 g/mol. The van der Waals surface area contributed by atoms with Gasteiger partial charge in [0.05, 0.1) is 5.69 Å². The molecule has 2 fully saturated rings. The minimum Gasteiger partial charge on any atom is -0.406 e. The molecule has 2 atom stereocenters. The molecule has 6 rings (SSSR count). The zero-order valence-corrected chi connectivity index (χ0v) is 26.7. The summed E-state index contributed by atoms with van der Waals surface area (Å²) in [7, 11) is 0. The molecule has 12 heteroatoms. The van der Waals surface area contributed by atoms with Crippen molar-refractivity contribution in [2.45, 2.75) is 64.8 Å². The topological polar surface area (TPSA) is 84.6 Å². The lowest BCUT2D eigenvalue weighted by atomic mass is 9.93. The van der Waals surface area contributed by atoms with E-state index in [4.69, 9.17) is 0 Å². The Bertz CT molecular complexity index is 1710. The molecule has 1 N–H and O–H groups in total. The van der Waals surface area contributed by atoms with Crippen molar-refractivity contribution in [2.75, 3.05) is 17.2 Å². The summed E-state index contributed by atoms with van der Waals surface area (Å²) in [5, 5.41) is 8.45. The standard InChI is InChI=1S/C34H35F3N6O2S/c1-21-18-22(2)30(23(3)19-21)42-16-5-17-46-33(42)40-32(44)39-29-7-4-6-28(29)24-8-10-25(11-9-24)31-38-20-43(41-31)26-12-14-27(15-13-26)45-34(35,36)37/h8-15,18-20,28-29H,4-7,16-17H2,1-3H3,(H,39,44)/b40-33-. The Morgan fingerprint density at radius 2 is 1.72 bits per heavy atom. The number of carbonyl (C=O) groups is 1. The van der Waals surface area contributed by atoms with Crippen molar-refractivity contribution in [1.29, 1.82) is 0 Å². The minimum atomic E-state index is -4.75. The molecule has 3 aromatic carbocycles. The van der Waals surface area contributed by atoms with Crippen molar-refractivity contribution in [2.24, 2.45) is 4.99 Å². The SMILES string of the molecule is Cc1cc(C)c(N2CCCS/C2=N\C(=O)NC2CCCC2c2ccc(-c3ncn(-c4ccc(OC(F)(F)F)cc4)n3)cc2)c(C)c1. The number of aliphatic imine (C=N–C) groups is 1. The van der Waals surface area contributed by atoms with Gasteiger partial charge in [-0.3, -0.25) is 0 Å². The minimum absolute atomic E-state index is 0.0192. The van der Waals surface area contributed by atoms with Crippen LogP contribution in [0.2, 0.25) is 0 Å². The molecule has 1 saturated carbocycles. The molecule has 1 aromatic heterocycles. The number of anilines is 1. The molecule has 1 aliphatic carbocycles. The van der Waals surface area contributed by atoms with E-state index in [0.29, 0.717) is 11.5 Å². The molecule has 8 nitrogen and oxygen atoms in total. The second-order valence-electron chi connectivity index (χ2n) is 11.8. The van der Waals surface area contributed by atoms with Crippen molar-refractivity contribution in [3.05, 3.63) is 89.2 Å². The van der Waals surface area contributed by atoms with Crippen LogP contribution in [0.1, 0.15) is 53.9 Å². The van der Waals surface area contributed by atoms with Crippen molar-refractivity contribution in [3.63, 3.8) is 0 Å². The molecule has 0 radical (unpaired) electrons. The number of aryl methyl sites for hydroxylation is 3. The molecule has 46 heavy (non-hydrogen) atoms. The Labute approximate surface area is 270 Å². The van der Waals surface area contributed by atoms with Gasteiger partial charge in [0.15, 0.2) is 11.0 Å². The van der Waals surface area contributed by atoms with Gasteiger partial charge in [0.25, 0.3) is 0 Å². The summed E-state index contributed by atoms with van der Waals surface area (Å²) in [6.07, 6.45) is 0.653. The van der Waals surface area contributed by atoms with Gasteiger partial charge in [-0.1, -0.05) is 60.1 Å². The van der Waals surface area contributed by atoms with Crippen molar-refractivity contribution < 1.29 is 22.7 Å². The quantitative estimate of drug-likeness (QED) is 0.228. The second kappa shape index (κ2) is 13.2. The van der Waals surface area contributed by atoms with Crippen LogP contribution in [0.3, 0.4) is 0 Å². The van der Waals surface area contributed by atoms with Gasteiger partial charge in [-0.2, -0.15) is 4.99 Å². The maximum Gasteiger partial charge on any atom is 0.573 e. The van der Waals surface area contributed by atoms with E-state index in [1.807, 2.05) is 24.3 Å². The predicted octanol–water partition coefficient (Wildman–Crippen LogP) is 8.10. The number of aromatic nitrogens is 3. The molecule has 2 amide bonds. The zero-order chi connectivity index (χ0) is 32.4. The maximum absolute atomic E-state index is 13.3. The molecule has 1 saturated heterocycles. The summed E-state index contributed by atoms with van der Waals surface area (Å²) < 4.78 is 42.8. The Morgan fingerprint density at radius 3 is 2.41 bits per heavy atom. The fraction of sp³-hybridized carbons (Fsp3) is 0.353. The van der Waals surface area contributed by atoms with E-state index >= 15 is 0 Å². The number of hydrogen-bond donors (Lipinski definition) is 1. The lowest BCUT2D eigenvalue weighted by Gasteiger charge is -2.32. The van der Waals surface area contributed by atoms with E-state index < -0.39 is 6.36 Å². The lowest BCUT2D eigenvalue weighted by molar-refractivity contribution is -0.274. The van der Waals surface area contributed by atoms with E-state index in [1.165, 1.54) is 52.0 Å². The largest absolute Gasteiger partial charge is 0.573 e. The first kappa shape index (κ1) is 31.7. The molecule has 1 aliphatic heterocycles. The molecule has 0 bridgehead atoms. The number of amidine groups is 1. The normalized spacial score (nSPS) is 19.4.